The van der Waals surface area contributed by atoms with Gasteiger partial charge in [0.1, 0.15) is 0 Å². The third-order valence-corrected chi connectivity index (χ3v) is 9.40. The van der Waals surface area contributed by atoms with Crippen LogP contribution < -0.4 is 0 Å². The second-order valence-corrected chi connectivity index (χ2v) is 11.6. The van der Waals surface area contributed by atoms with Gasteiger partial charge < -0.3 is 0 Å². The van der Waals surface area contributed by atoms with Gasteiger partial charge in [-0.2, -0.15) is 0 Å². The Kier molecular flexibility index (Phi) is 9.21. The molecule has 0 aromatic heterocycles. The van der Waals surface area contributed by atoms with Crippen LogP contribution in [0, 0.1) is 17.8 Å². The average Bonchev–Trinajstić information content (AvgIpc) is 2.81. The van der Waals surface area contributed by atoms with Crippen LogP contribution in [0.5, 0.6) is 0 Å². The van der Waals surface area contributed by atoms with Gasteiger partial charge in [-0.05, 0) is 94.8 Å². The fraction of sp³-hybridized carbons (Fsp3) is 0.931. The van der Waals surface area contributed by atoms with Gasteiger partial charge in [-0.25, -0.2) is 0 Å². The average molecular weight is 414 g/mol. The predicted molar refractivity (Wildman–Crippen MR) is 131 cm³/mol. The van der Waals surface area contributed by atoms with E-state index in [1.54, 1.807) is 0 Å². The van der Waals surface area contributed by atoms with E-state index in [2.05, 4.69) is 24.0 Å². The molecule has 4 rings (SSSR count). The molecule has 0 aromatic carbocycles. The molecule has 0 atom stereocenters. The third kappa shape index (κ3) is 6.36. The Labute approximate surface area is 188 Å². The zero-order chi connectivity index (χ0) is 20.6. The molecule has 30 heavy (non-hydrogen) atoms. The first-order valence-electron chi connectivity index (χ1n) is 14.3. The molecule has 0 spiro atoms. The van der Waals surface area contributed by atoms with Crippen molar-refractivity contribution in [1.82, 2.24) is 4.90 Å². The molecule has 0 aliphatic heterocycles. The zero-order valence-electron chi connectivity index (χ0n) is 20.2. The van der Waals surface area contributed by atoms with E-state index in [9.17, 15) is 0 Å². The molecule has 0 N–H and O–H groups in total. The smallest absolute Gasteiger partial charge is 0.0102 e. The molecule has 0 heterocycles. The van der Waals surface area contributed by atoms with Gasteiger partial charge in [-0.3, -0.25) is 4.90 Å². The molecule has 0 radical (unpaired) electrons. The molecular formula is C29H51N. The highest BCUT2D eigenvalue weighted by Gasteiger charge is 2.36. The van der Waals surface area contributed by atoms with Crippen LogP contribution in [0.1, 0.15) is 135 Å². The Hall–Kier alpha value is -0.300. The van der Waals surface area contributed by atoms with E-state index in [4.69, 9.17) is 0 Å². The van der Waals surface area contributed by atoms with Gasteiger partial charge in [0.15, 0.2) is 0 Å². The summed E-state index contributed by atoms with van der Waals surface area (Å²) in [6, 6.07) is 2.74. The van der Waals surface area contributed by atoms with Gasteiger partial charge in [-0.1, -0.05) is 70.4 Å². The molecule has 1 nitrogen and oxygen atoms in total. The summed E-state index contributed by atoms with van der Waals surface area (Å²) in [4.78, 5) is 3.16. The zero-order valence-corrected chi connectivity index (χ0v) is 20.2. The van der Waals surface area contributed by atoms with E-state index in [-0.39, 0.29) is 0 Å². The molecule has 172 valence electrons. The lowest BCUT2D eigenvalue weighted by atomic mass is 9.78. The maximum atomic E-state index is 3.16. The van der Waals surface area contributed by atoms with Crippen molar-refractivity contribution in [1.29, 1.82) is 0 Å². The third-order valence-electron chi connectivity index (χ3n) is 9.40. The van der Waals surface area contributed by atoms with E-state index in [1.807, 2.05) is 0 Å². The van der Waals surface area contributed by atoms with Crippen molar-refractivity contribution in [3.63, 3.8) is 0 Å². The molecular weight excluding hydrogens is 362 g/mol. The van der Waals surface area contributed by atoms with E-state index in [0.29, 0.717) is 0 Å². The summed E-state index contributed by atoms with van der Waals surface area (Å²) in [6.07, 6.45) is 34.9. The second kappa shape index (κ2) is 12.1. The van der Waals surface area contributed by atoms with Crippen LogP contribution >= 0.6 is 0 Å². The van der Waals surface area contributed by atoms with Crippen LogP contribution in [0.4, 0.5) is 0 Å². The van der Waals surface area contributed by atoms with E-state index in [1.165, 1.54) is 128 Å². The molecule has 4 saturated carbocycles. The Morgan fingerprint density at radius 1 is 0.533 bits per heavy atom. The van der Waals surface area contributed by atoms with Crippen LogP contribution in [-0.4, -0.2) is 23.0 Å². The van der Waals surface area contributed by atoms with Crippen LogP contribution in [0.2, 0.25) is 0 Å². The lowest BCUT2D eigenvalue weighted by molar-refractivity contribution is 0.0114. The Morgan fingerprint density at radius 2 is 1.00 bits per heavy atom. The first kappa shape index (κ1) is 22.9. The predicted octanol–water partition coefficient (Wildman–Crippen LogP) is 8.68. The fourth-order valence-corrected chi connectivity index (χ4v) is 7.65. The molecule has 0 unspecified atom stereocenters. The van der Waals surface area contributed by atoms with E-state index >= 15 is 0 Å². The number of nitrogens with zero attached hydrogens (tertiary/aromatic N) is 1. The molecule has 1 heteroatoms. The molecule has 0 aromatic rings. The minimum atomic E-state index is 0.886. The van der Waals surface area contributed by atoms with Gasteiger partial charge in [0.25, 0.3) is 0 Å². The molecule has 4 fully saturated rings. The van der Waals surface area contributed by atoms with Crippen molar-refractivity contribution in [2.45, 2.75) is 153 Å². The summed E-state index contributed by atoms with van der Waals surface area (Å²) in [5.41, 5.74) is 0. The van der Waals surface area contributed by atoms with E-state index in [0.717, 1.165) is 35.9 Å². The van der Waals surface area contributed by atoms with Gasteiger partial charge >= 0.3 is 0 Å². The van der Waals surface area contributed by atoms with Crippen molar-refractivity contribution >= 4 is 0 Å². The van der Waals surface area contributed by atoms with Crippen LogP contribution in [0.3, 0.4) is 0 Å². The van der Waals surface area contributed by atoms with Gasteiger partial charge in [0, 0.05) is 18.1 Å². The summed E-state index contributed by atoms with van der Waals surface area (Å²) in [6.45, 7) is 2.38. The number of hydrogen-bond donors (Lipinski definition) is 0. The highest BCUT2D eigenvalue weighted by Crippen LogP contribution is 2.39. The van der Waals surface area contributed by atoms with Crippen LogP contribution in [-0.2, 0) is 0 Å². The van der Waals surface area contributed by atoms with Crippen molar-refractivity contribution in [2.75, 3.05) is 0 Å². The summed E-state index contributed by atoms with van der Waals surface area (Å²) in [7, 11) is 0. The monoisotopic (exact) mass is 413 g/mol. The lowest BCUT2D eigenvalue weighted by Crippen LogP contribution is -2.52. The Bertz CT molecular complexity index is 482. The first-order valence-corrected chi connectivity index (χ1v) is 14.3. The standard InChI is InChI=1S/C29H51N/c1-2-9-24-16-20-28(21-17-24)30(27-12-7-4-8-13-27)29-22-18-26(19-23-29)15-14-25-10-5-3-6-11-25/h14-15,24-29H,2-13,16-23H2,1H3/b15-14+. The van der Waals surface area contributed by atoms with Gasteiger partial charge in [0.2, 0.25) is 0 Å². The van der Waals surface area contributed by atoms with E-state index < -0.39 is 0 Å². The largest absolute Gasteiger partial charge is 0.294 e. The van der Waals surface area contributed by atoms with Crippen LogP contribution in [0.15, 0.2) is 12.2 Å². The van der Waals surface area contributed by atoms with Crippen molar-refractivity contribution in [2.24, 2.45) is 17.8 Å². The normalized spacial score (nSPS) is 35.3. The van der Waals surface area contributed by atoms with Gasteiger partial charge in [-0.15, -0.1) is 0 Å². The highest BCUT2D eigenvalue weighted by atomic mass is 15.2. The van der Waals surface area contributed by atoms with Crippen molar-refractivity contribution < 1.29 is 0 Å². The van der Waals surface area contributed by atoms with Crippen molar-refractivity contribution in [3.8, 4) is 0 Å². The lowest BCUT2D eigenvalue weighted by Gasteiger charge is -2.49. The maximum absolute atomic E-state index is 3.16. The topological polar surface area (TPSA) is 3.24 Å². The minimum absolute atomic E-state index is 0.886. The summed E-state index contributed by atoms with van der Waals surface area (Å²) in [5, 5.41) is 0. The first-order chi connectivity index (χ1) is 14.8. The summed E-state index contributed by atoms with van der Waals surface area (Å²) in [5.74, 6) is 2.84. The maximum Gasteiger partial charge on any atom is 0.0102 e. The molecule has 4 aliphatic carbocycles. The Morgan fingerprint density at radius 3 is 1.57 bits per heavy atom. The summed E-state index contributed by atoms with van der Waals surface area (Å²) >= 11 is 0. The Balaban J connectivity index is 1.32. The molecule has 0 saturated heterocycles. The number of rotatable bonds is 7. The SMILES string of the molecule is CCCC1CCC(N(C2CCCCC2)C2CCC(/C=C/C3CCCCC3)CC2)CC1. The number of hydrogen-bond acceptors (Lipinski definition) is 1. The fourth-order valence-electron chi connectivity index (χ4n) is 7.65. The van der Waals surface area contributed by atoms with Crippen molar-refractivity contribution in [3.05, 3.63) is 12.2 Å². The molecule has 4 aliphatic rings. The second-order valence-electron chi connectivity index (χ2n) is 11.6. The van der Waals surface area contributed by atoms with Crippen LogP contribution in [0.25, 0.3) is 0 Å². The quantitative estimate of drug-likeness (QED) is 0.377. The number of allylic oxidation sites excluding steroid dienone is 2. The minimum Gasteiger partial charge on any atom is -0.294 e. The molecule has 0 amide bonds. The summed E-state index contributed by atoms with van der Waals surface area (Å²) < 4.78 is 0. The highest BCUT2D eigenvalue weighted by molar-refractivity contribution is 4.98. The van der Waals surface area contributed by atoms with Gasteiger partial charge in [0.05, 0.1) is 0 Å². The molecule has 0 bridgehead atoms.